The molecule has 0 aliphatic rings. The predicted molar refractivity (Wildman–Crippen MR) is 48.7 cm³/mol. The lowest BCUT2D eigenvalue weighted by molar-refractivity contribution is -0.129. The number of carbonyl (C=O) groups excluding carboxylic acids is 1. The molecule has 0 atom stereocenters. The molecule has 1 heterocycles. The summed E-state index contributed by atoms with van der Waals surface area (Å²) in [5, 5.41) is 0. The topological polar surface area (TPSA) is 64.2 Å². The zero-order valence-corrected chi connectivity index (χ0v) is 7.90. The largest absolute Gasteiger partial charge is 0.337 e. The van der Waals surface area contributed by atoms with E-state index < -0.39 is 0 Å². The minimum absolute atomic E-state index is 0.0426. The molecule has 13 heavy (non-hydrogen) atoms. The minimum Gasteiger partial charge on any atom is -0.337 e. The molecule has 5 heteroatoms. The Labute approximate surface area is 77.2 Å². The van der Waals surface area contributed by atoms with Gasteiger partial charge in [-0.25, -0.2) is 4.98 Å². The Morgan fingerprint density at radius 3 is 2.92 bits per heavy atom. The van der Waals surface area contributed by atoms with Gasteiger partial charge in [0, 0.05) is 26.5 Å². The molecule has 72 valence electrons. The van der Waals surface area contributed by atoms with Crippen LogP contribution in [-0.2, 0) is 18.4 Å². The highest BCUT2D eigenvalue weighted by molar-refractivity contribution is 5.77. The van der Waals surface area contributed by atoms with Crippen molar-refractivity contribution in [3.05, 3.63) is 18.2 Å². The second-order valence-corrected chi connectivity index (χ2v) is 2.91. The summed E-state index contributed by atoms with van der Waals surface area (Å²) in [6.07, 6.45) is 3.55. The van der Waals surface area contributed by atoms with Crippen LogP contribution in [0.4, 0.5) is 0 Å². The highest BCUT2D eigenvalue weighted by Crippen LogP contribution is 1.98. The summed E-state index contributed by atoms with van der Waals surface area (Å²) in [4.78, 5) is 16.8. The highest BCUT2D eigenvalue weighted by atomic mass is 16.2. The summed E-state index contributed by atoms with van der Waals surface area (Å²) in [7, 11) is 3.60. The first-order chi connectivity index (χ1) is 6.15. The van der Waals surface area contributed by atoms with Crippen LogP contribution in [0.5, 0.6) is 0 Å². The van der Waals surface area contributed by atoms with Crippen LogP contribution in [0.3, 0.4) is 0 Å². The molecule has 0 unspecified atom stereocenters. The van der Waals surface area contributed by atoms with Gasteiger partial charge < -0.3 is 15.2 Å². The SMILES string of the molecule is CN(Cc1nccn1C)C(=O)CN. The lowest BCUT2D eigenvalue weighted by Gasteiger charge is -2.15. The summed E-state index contributed by atoms with van der Waals surface area (Å²) in [5.41, 5.74) is 5.22. The maximum absolute atomic E-state index is 11.1. The van der Waals surface area contributed by atoms with E-state index in [9.17, 15) is 4.79 Å². The molecule has 0 saturated heterocycles. The fourth-order valence-electron chi connectivity index (χ4n) is 1.00. The fraction of sp³-hybridized carbons (Fsp3) is 0.500. The first-order valence-electron chi connectivity index (χ1n) is 4.05. The van der Waals surface area contributed by atoms with Gasteiger partial charge in [0.15, 0.2) is 0 Å². The van der Waals surface area contributed by atoms with Crippen molar-refractivity contribution >= 4 is 5.91 Å². The number of aryl methyl sites for hydroxylation is 1. The van der Waals surface area contributed by atoms with Gasteiger partial charge in [-0.15, -0.1) is 0 Å². The lowest BCUT2D eigenvalue weighted by Crippen LogP contribution is -2.32. The molecule has 0 aliphatic heterocycles. The monoisotopic (exact) mass is 182 g/mol. The normalized spacial score (nSPS) is 10.1. The second-order valence-electron chi connectivity index (χ2n) is 2.91. The van der Waals surface area contributed by atoms with Gasteiger partial charge >= 0.3 is 0 Å². The number of nitrogens with two attached hydrogens (primary N) is 1. The van der Waals surface area contributed by atoms with E-state index in [0.717, 1.165) is 5.82 Å². The number of hydrogen-bond acceptors (Lipinski definition) is 3. The second kappa shape index (κ2) is 4.04. The zero-order chi connectivity index (χ0) is 9.84. The Morgan fingerprint density at radius 1 is 1.77 bits per heavy atom. The average Bonchev–Trinajstić information content (AvgIpc) is 2.50. The quantitative estimate of drug-likeness (QED) is 0.674. The zero-order valence-electron chi connectivity index (χ0n) is 7.90. The Morgan fingerprint density at radius 2 is 2.46 bits per heavy atom. The van der Waals surface area contributed by atoms with E-state index >= 15 is 0 Å². The third kappa shape index (κ3) is 2.29. The molecular formula is C8H14N4O. The van der Waals surface area contributed by atoms with E-state index in [2.05, 4.69) is 4.98 Å². The van der Waals surface area contributed by atoms with E-state index in [1.165, 1.54) is 0 Å². The van der Waals surface area contributed by atoms with Gasteiger partial charge in [-0.1, -0.05) is 0 Å². The van der Waals surface area contributed by atoms with Crippen molar-refractivity contribution in [1.29, 1.82) is 0 Å². The van der Waals surface area contributed by atoms with Crippen LogP contribution in [0.2, 0.25) is 0 Å². The molecule has 0 aliphatic carbocycles. The molecule has 0 spiro atoms. The summed E-state index contributed by atoms with van der Waals surface area (Å²) >= 11 is 0. The number of aromatic nitrogens is 2. The van der Waals surface area contributed by atoms with Gasteiger partial charge in [-0.3, -0.25) is 4.79 Å². The van der Waals surface area contributed by atoms with Crippen LogP contribution in [0, 0.1) is 0 Å². The predicted octanol–water partition coefficient (Wildman–Crippen LogP) is -0.663. The van der Waals surface area contributed by atoms with Gasteiger partial charge in [-0.05, 0) is 0 Å². The third-order valence-corrected chi connectivity index (χ3v) is 1.90. The maximum atomic E-state index is 11.1. The smallest absolute Gasteiger partial charge is 0.236 e. The van der Waals surface area contributed by atoms with Crippen molar-refractivity contribution < 1.29 is 4.79 Å². The number of rotatable bonds is 3. The first-order valence-corrected chi connectivity index (χ1v) is 4.05. The number of hydrogen-bond donors (Lipinski definition) is 1. The summed E-state index contributed by atoms with van der Waals surface area (Å²) in [6, 6.07) is 0. The summed E-state index contributed by atoms with van der Waals surface area (Å²) < 4.78 is 1.88. The van der Waals surface area contributed by atoms with E-state index in [-0.39, 0.29) is 12.5 Å². The number of nitrogens with zero attached hydrogens (tertiary/aromatic N) is 3. The molecule has 0 fully saturated rings. The first kappa shape index (κ1) is 9.73. The van der Waals surface area contributed by atoms with E-state index in [1.807, 2.05) is 17.8 Å². The Balaban J connectivity index is 2.59. The van der Waals surface area contributed by atoms with Gasteiger partial charge in [0.1, 0.15) is 5.82 Å². The number of carbonyl (C=O) groups is 1. The molecule has 1 aromatic heterocycles. The lowest BCUT2D eigenvalue weighted by atomic mass is 10.4. The molecule has 0 aromatic carbocycles. The molecule has 0 saturated carbocycles. The molecule has 2 N–H and O–H groups in total. The van der Waals surface area contributed by atoms with E-state index in [4.69, 9.17) is 5.73 Å². The molecule has 1 amide bonds. The Bertz CT molecular complexity index is 294. The highest BCUT2D eigenvalue weighted by Gasteiger charge is 2.08. The molecule has 0 radical (unpaired) electrons. The van der Waals surface area contributed by atoms with Gasteiger partial charge in [0.2, 0.25) is 5.91 Å². The van der Waals surface area contributed by atoms with Crippen molar-refractivity contribution in [2.75, 3.05) is 13.6 Å². The Kier molecular flexibility index (Phi) is 3.02. The summed E-state index contributed by atoms with van der Waals surface area (Å²) in [6.45, 7) is 0.542. The van der Waals surface area contributed by atoms with E-state index in [1.54, 1.807) is 18.1 Å². The third-order valence-electron chi connectivity index (χ3n) is 1.90. The molecule has 5 nitrogen and oxygen atoms in total. The number of likely N-dealkylation sites (N-methyl/N-ethyl adjacent to an activating group) is 1. The van der Waals surface area contributed by atoms with Crippen molar-refractivity contribution in [2.24, 2.45) is 12.8 Å². The Hall–Kier alpha value is -1.36. The van der Waals surface area contributed by atoms with Crippen molar-refractivity contribution in [3.63, 3.8) is 0 Å². The molecular weight excluding hydrogens is 168 g/mol. The van der Waals surface area contributed by atoms with Crippen LogP contribution in [0.15, 0.2) is 12.4 Å². The van der Waals surface area contributed by atoms with Gasteiger partial charge in [0.25, 0.3) is 0 Å². The van der Waals surface area contributed by atoms with Crippen LogP contribution >= 0.6 is 0 Å². The number of amides is 1. The van der Waals surface area contributed by atoms with Gasteiger partial charge in [-0.2, -0.15) is 0 Å². The van der Waals surface area contributed by atoms with Crippen LogP contribution in [0.25, 0.3) is 0 Å². The van der Waals surface area contributed by atoms with Crippen molar-refractivity contribution in [2.45, 2.75) is 6.54 Å². The van der Waals surface area contributed by atoms with Crippen LogP contribution < -0.4 is 5.73 Å². The molecule has 0 bridgehead atoms. The standard InChI is InChI=1S/C8H14N4O/c1-11-4-3-10-7(11)6-12(2)8(13)5-9/h3-4H,5-6,9H2,1-2H3. The van der Waals surface area contributed by atoms with Crippen molar-refractivity contribution in [3.8, 4) is 0 Å². The fourth-order valence-corrected chi connectivity index (χ4v) is 1.00. The van der Waals surface area contributed by atoms with Crippen LogP contribution in [-0.4, -0.2) is 34.0 Å². The maximum Gasteiger partial charge on any atom is 0.236 e. The van der Waals surface area contributed by atoms with Crippen molar-refractivity contribution in [1.82, 2.24) is 14.5 Å². The molecule has 1 aromatic rings. The van der Waals surface area contributed by atoms with E-state index in [0.29, 0.717) is 6.54 Å². The minimum atomic E-state index is -0.0806. The average molecular weight is 182 g/mol. The van der Waals surface area contributed by atoms with Crippen LogP contribution in [0.1, 0.15) is 5.82 Å². The number of imidazole rings is 1. The summed E-state index contributed by atoms with van der Waals surface area (Å²) in [5.74, 6) is 0.771. The molecule has 1 rings (SSSR count). The van der Waals surface area contributed by atoms with Gasteiger partial charge in [0.05, 0.1) is 13.1 Å².